The molecule has 73 heavy (non-hydrogen) atoms. The third-order valence-corrected chi connectivity index (χ3v) is 16.2. The Morgan fingerprint density at radius 1 is 0.575 bits per heavy atom. The van der Waals surface area contributed by atoms with Crippen LogP contribution in [0.3, 0.4) is 0 Å². The van der Waals surface area contributed by atoms with Crippen LogP contribution in [-0.4, -0.2) is 0 Å². The predicted molar refractivity (Wildman–Crippen MR) is 318 cm³/mol. The molecule has 13 rings (SSSR count). The summed E-state index contributed by atoms with van der Waals surface area (Å²) in [5.74, 6) is 0.362. The normalized spacial score (nSPS) is 16.3. The van der Waals surface area contributed by atoms with Crippen LogP contribution in [0.25, 0.3) is 95.9 Å². The lowest BCUT2D eigenvalue weighted by Crippen LogP contribution is -2.28. The third-order valence-electron chi connectivity index (χ3n) is 16.2. The summed E-state index contributed by atoms with van der Waals surface area (Å²) in [6.45, 7) is 18.7. The van der Waals surface area contributed by atoms with Gasteiger partial charge in [-0.1, -0.05) is 240 Å². The summed E-state index contributed by atoms with van der Waals surface area (Å²) < 4.78 is 0. The van der Waals surface area contributed by atoms with E-state index in [0.717, 1.165) is 42.4 Å². The molecule has 5 aliphatic rings. The van der Waals surface area contributed by atoms with E-state index in [4.69, 9.17) is 0 Å². The van der Waals surface area contributed by atoms with E-state index >= 15 is 0 Å². The van der Waals surface area contributed by atoms with Crippen LogP contribution in [-0.2, 0) is 18.3 Å². The number of benzene rings is 8. The summed E-state index contributed by atoms with van der Waals surface area (Å²) >= 11 is 0. The van der Waals surface area contributed by atoms with Crippen LogP contribution in [0.4, 0.5) is 0 Å². The Labute approximate surface area is 432 Å². The molecule has 1 spiro atoms. The van der Waals surface area contributed by atoms with Crippen molar-refractivity contribution in [2.75, 3.05) is 0 Å². The van der Waals surface area contributed by atoms with Crippen molar-refractivity contribution in [2.45, 2.75) is 65.7 Å². The second-order valence-electron chi connectivity index (χ2n) is 20.2. The third kappa shape index (κ3) is 6.95. The molecule has 8 aromatic carbocycles. The van der Waals surface area contributed by atoms with Crippen LogP contribution in [0.15, 0.2) is 206 Å². The van der Waals surface area contributed by atoms with Crippen LogP contribution in [0.5, 0.6) is 0 Å². The Bertz CT molecular complexity index is 3810. The maximum Gasteiger partial charge on any atom is 0.0737 e. The number of hydrogen-bond donors (Lipinski definition) is 0. The Kier molecular flexibility index (Phi) is 11.7. The zero-order chi connectivity index (χ0) is 50.0. The first-order chi connectivity index (χ1) is 35.9. The minimum absolute atomic E-state index is 0.362. The molecule has 1 unspecified atom stereocenters. The summed E-state index contributed by atoms with van der Waals surface area (Å²) in [7, 11) is 0. The van der Waals surface area contributed by atoms with Gasteiger partial charge in [0.25, 0.3) is 0 Å². The van der Waals surface area contributed by atoms with E-state index in [9.17, 15) is 0 Å². The molecule has 0 heterocycles. The van der Waals surface area contributed by atoms with Crippen LogP contribution in [0.2, 0.25) is 0 Å². The van der Waals surface area contributed by atoms with Gasteiger partial charge in [0.05, 0.1) is 5.41 Å². The lowest BCUT2D eigenvalue weighted by atomic mass is 9.66. The monoisotopic (exact) mass is 938 g/mol. The van der Waals surface area contributed by atoms with E-state index in [0.29, 0.717) is 5.92 Å². The maximum absolute atomic E-state index is 4.33. The van der Waals surface area contributed by atoms with Crippen molar-refractivity contribution < 1.29 is 0 Å². The predicted octanol–water partition coefficient (Wildman–Crippen LogP) is 19.9. The molecule has 1 atom stereocenters. The lowest BCUT2D eigenvalue weighted by molar-refractivity contribution is 0.793. The van der Waals surface area contributed by atoms with Gasteiger partial charge in [-0.15, -0.1) is 0 Å². The Morgan fingerprint density at radius 3 is 1.89 bits per heavy atom. The van der Waals surface area contributed by atoms with Crippen LogP contribution < -0.4 is 0 Å². The minimum Gasteiger partial charge on any atom is -0.0991 e. The van der Waals surface area contributed by atoms with Crippen LogP contribution in [0, 0.1) is 5.92 Å². The van der Waals surface area contributed by atoms with E-state index in [1.807, 2.05) is 26.0 Å². The fourth-order valence-corrected chi connectivity index (χ4v) is 13.3. The molecule has 0 nitrogen and oxygen atoms in total. The Morgan fingerprint density at radius 2 is 1.21 bits per heavy atom. The van der Waals surface area contributed by atoms with Gasteiger partial charge in [-0.3, -0.25) is 0 Å². The summed E-state index contributed by atoms with van der Waals surface area (Å²) in [5.41, 5.74) is 28.7. The molecule has 0 N–H and O–H groups in total. The SMILES string of the molecule is C=C\C=C/C(C(=C)C)=C(/C=C\C)c1ccc(-c2c3c(c(-c4ccc5c6c(ccc5c4)-c4c5c(c7c(c4C64c6ccccc6-c6ccccc64)C=CCC7)C=CC(C)C=C5)c4ccccc24)C=CCC3)cc1.CC. The van der Waals surface area contributed by atoms with Crippen molar-refractivity contribution in [3.63, 3.8) is 0 Å². The first-order valence-electron chi connectivity index (χ1n) is 26.6. The molecule has 0 aromatic heterocycles. The van der Waals surface area contributed by atoms with Gasteiger partial charge in [0.2, 0.25) is 0 Å². The van der Waals surface area contributed by atoms with Crippen LogP contribution >= 0.6 is 0 Å². The lowest BCUT2D eigenvalue weighted by Gasteiger charge is -2.34. The molecule has 354 valence electrons. The largest absolute Gasteiger partial charge is 0.0991 e. The quantitative estimate of drug-likeness (QED) is 0.140. The van der Waals surface area contributed by atoms with Crippen molar-refractivity contribution in [1.82, 2.24) is 0 Å². The number of hydrogen-bond acceptors (Lipinski definition) is 0. The van der Waals surface area contributed by atoms with Gasteiger partial charge >= 0.3 is 0 Å². The summed E-state index contributed by atoms with van der Waals surface area (Å²) in [4.78, 5) is 0. The average Bonchev–Trinajstić information content (AvgIpc) is 3.83. The van der Waals surface area contributed by atoms with Crippen LogP contribution in [0.1, 0.15) is 109 Å². The van der Waals surface area contributed by atoms with E-state index in [-0.39, 0.29) is 0 Å². The molecule has 0 heteroatoms. The average molecular weight is 939 g/mol. The van der Waals surface area contributed by atoms with E-state index in [1.165, 1.54) is 127 Å². The molecule has 0 fully saturated rings. The topological polar surface area (TPSA) is 0 Å². The number of allylic oxidation sites excluding steroid dienone is 12. The molecule has 5 aliphatic carbocycles. The van der Waals surface area contributed by atoms with Crippen molar-refractivity contribution >= 4 is 51.4 Å². The number of fused-ring (bicyclic) bond motifs is 19. The Hall–Kier alpha value is -8.06. The maximum atomic E-state index is 4.33. The van der Waals surface area contributed by atoms with Crippen molar-refractivity contribution in [3.8, 4) is 44.5 Å². The molecule has 0 radical (unpaired) electrons. The van der Waals surface area contributed by atoms with Gasteiger partial charge in [-0.05, 0) is 190 Å². The highest BCUT2D eigenvalue weighted by atomic mass is 14.6. The molecule has 0 aliphatic heterocycles. The van der Waals surface area contributed by atoms with Gasteiger partial charge in [-0.25, -0.2) is 0 Å². The second-order valence-corrected chi connectivity index (χ2v) is 20.2. The second kappa shape index (κ2) is 18.5. The summed E-state index contributed by atoms with van der Waals surface area (Å²) in [6, 6.07) is 49.3. The van der Waals surface area contributed by atoms with E-state index in [2.05, 4.69) is 228 Å². The summed E-state index contributed by atoms with van der Waals surface area (Å²) in [6.07, 6.45) is 33.7. The fourth-order valence-electron chi connectivity index (χ4n) is 13.3. The van der Waals surface area contributed by atoms with Crippen molar-refractivity contribution in [2.24, 2.45) is 5.92 Å². The first-order valence-corrected chi connectivity index (χ1v) is 26.6. The molecule has 0 saturated carbocycles. The molecule has 0 bridgehead atoms. The molecular weight excluding hydrogens is 877 g/mol. The highest BCUT2D eigenvalue weighted by Crippen LogP contribution is 2.67. The van der Waals surface area contributed by atoms with Gasteiger partial charge in [0.15, 0.2) is 0 Å². The standard InChI is InChI=1S/C71H56.C2H6/c1-6-8-20-50(44(3)4)51(19-7-2)46-33-35-47(36-34-46)66-57-24-10-12-26-59(57)67(60-27-13-11-25-58(60)66)49-38-41-52-48(43-49)37-42-63-68-61-40-32-45(5)31-39-54(61)53-21-9-14-28-62(53)70(68)71(69(52)63)64-29-17-15-22-55(64)56-23-16-18-30-65(56)71;1-2/h6-8,10,12-20,22-24,26-43,45H,1,3,9,11,21,25H2,2,4-5H3;1-2H3/b19-7-,20-8-,51-50+;. The van der Waals surface area contributed by atoms with Crippen molar-refractivity contribution in [1.29, 1.82) is 0 Å². The molecular formula is C73H62. The van der Waals surface area contributed by atoms with Crippen molar-refractivity contribution in [3.05, 3.63) is 268 Å². The van der Waals surface area contributed by atoms with Gasteiger partial charge in [-0.2, -0.15) is 0 Å². The zero-order valence-corrected chi connectivity index (χ0v) is 42.9. The highest BCUT2D eigenvalue weighted by molar-refractivity contribution is 6.13. The molecule has 8 aromatic rings. The molecule has 0 amide bonds. The van der Waals surface area contributed by atoms with Gasteiger partial charge in [0.1, 0.15) is 0 Å². The van der Waals surface area contributed by atoms with E-state index < -0.39 is 5.41 Å². The first kappa shape index (κ1) is 46.0. The van der Waals surface area contributed by atoms with Gasteiger partial charge < -0.3 is 0 Å². The fraction of sp³-hybridized carbons (Fsp3) is 0.151. The highest BCUT2D eigenvalue weighted by Gasteiger charge is 2.54. The zero-order valence-electron chi connectivity index (χ0n) is 42.9. The van der Waals surface area contributed by atoms with E-state index in [1.54, 1.807) is 0 Å². The summed E-state index contributed by atoms with van der Waals surface area (Å²) in [5, 5.41) is 5.17. The Balaban J connectivity index is 0.00000268. The van der Waals surface area contributed by atoms with Gasteiger partial charge in [0, 0.05) is 0 Å². The molecule has 0 saturated heterocycles. The smallest absolute Gasteiger partial charge is 0.0737 e. The minimum atomic E-state index is -0.487. The number of rotatable bonds is 7.